The zero-order chi connectivity index (χ0) is 10.8. The minimum Gasteiger partial charge on any atom is -0.480 e. The SMILES string of the molecule is Cn1cnc2nc[nH]c2c1=NCC(=O)O. The lowest BCUT2D eigenvalue weighted by molar-refractivity contribution is -0.135. The molecule has 2 aromatic rings. The van der Waals surface area contributed by atoms with E-state index in [0.717, 1.165) is 0 Å². The lowest BCUT2D eigenvalue weighted by atomic mass is 10.5. The molecule has 2 N–H and O–H groups in total. The smallest absolute Gasteiger partial charge is 0.325 e. The second kappa shape index (κ2) is 3.52. The van der Waals surface area contributed by atoms with Crippen molar-refractivity contribution in [2.45, 2.75) is 0 Å². The maximum Gasteiger partial charge on any atom is 0.325 e. The van der Waals surface area contributed by atoms with E-state index in [1.54, 1.807) is 17.9 Å². The third kappa shape index (κ3) is 1.71. The predicted molar refractivity (Wildman–Crippen MR) is 50.9 cm³/mol. The fourth-order valence-corrected chi connectivity index (χ4v) is 1.25. The van der Waals surface area contributed by atoms with Crippen molar-refractivity contribution in [1.82, 2.24) is 19.5 Å². The summed E-state index contributed by atoms with van der Waals surface area (Å²) >= 11 is 0. The second-order valence-corrected chi connectivity index (χ2v) is 2.99. The van der Waals surface area contributed by atoms with E-state index in [1.807, 2.05) is 0 Å². The number of imidazole rings is 1. The van der Waals surface area contributed by atoms with Gasteiger partial charge in [0.2, 0.25) is 0 Å². The first-order chi connectivity index (χ1) is 7.18. The maximum atomic E-state index is 10.4. The Balaban J connectivity index is 2.66. The molecular formula is C8H9N5O2. The van der Waals surface area contributed by atoms with Gasteiger partial charge in [-0.25, -0.2) is 9.97 Å². The number of carbonyl (C=O) groups is 1. The van der Waals surface area contributed by atoms with Crippen LogP contribution in [-0.2, 0) is 11.8 Å². The average molecular weight is 207 g/mol. The highest BCUT2D eigenvalue weighted by Crippen LogP contribution is 1.96. The molecule has 0 unspecified atom stereocenters. The highest BCUT2D eigenvalue weighted by atomic mass is 16.4. The van der Waals surface area contributed by atoms with Gasteiger partial charge < -0.3 is 14.7 Å². The van der Waals surface area contributed by atoms with Crippen LogP contribution < -0.4 is 5.49 Å². The van der Waals surface area contributed by atoms with E-state index in [1.165, 1.54) is 6.33 Å². The number of H-pyrrole nitrogens is 1. The molecule has 15 heavy (non-hydrogen) atoms. The number of carboxylic acid groups (broad SMARTS) is 1. The van der Waals surface area contributed by atoms with Gasteiger partial charge >= 0.3 is 5.97 Å². The number of nitrogens with zero attached hydrogens (tertiary/aromatic N) is 4. The lowest BCUT2D eigenvalue weighted by Crippen LogP contribution is -2.21. The molecule has 0 atom stereocenters. The molecule has 0 saturated carbocycles. The molecule has 0 aliphatic carbocycles. The van der Waals surface area contributed by atoms with Gasteiger partial charge in [-0.2, -0.15) is 0 Å². The van der Waals surface area contributed by atoms with Crippen molar-refractivity contribution in [3.63, 3.8) is 0 Å². The fraction of sp³-hybridized carbons (Fsp3) is 0.250. The van der Waals surface area contributed by atoms with Gasteiger partial charge in [-0.3, -0.25) is 9.79 Å². The van der Waals surface area contributed by atoms with Gasteiger partial charge in [-0.15, -0.1) is 0 Å². The van der Waals surface area contributed by atoms with E-state index in [2.05, 4.69) is 19.9 Å². The molecule has 0 aromatic carbocycles. The summed E-state index contributed by atoms with van der Waals surface area (Å²) in [5.74, 6) is -0.973. The van der Waals surface area contributed by atoms with Crippen LogP contribution in [0.4, 0.5) is 0 Å². The Bertz CT molecular complexity index is 568. The van der Waals surface area contributed by atoms with E-state index in [4.69, 9.17) is 5.11 Å². The summed E-state index contributed by atoms with van der Waals surface area (Å²) in [7, 11) is 1.74. The minimum atomic E-state index is -0.973. The van der Waals surface area contributed by atoms with Gasteiger partial charge in [0.05, 0.1) is 12.7 Å². The molecule has 0 spiro atoms. The molecule has 2 heterocycles. The first kappa shape index (κ1) is 9.38. The number of fused-ring (bicyclic) bond motifs is 1. The number of carboxylic acids is 1. The summed E-state index contributed by atoms with van der Waals surface area (Å²) in [5.41, 5.74) is 1.69. The number of aryl methyl sites for hydroxylation is 1. The van der Waals surface area contributed by atoms with Crippen molar-refractivity contribution in [2.24, 2.45) is 12.0 Å². The van der Waals surface area contributed by atoms with Gasteiger partial charge in [0.1, 0.15) is 12.1 Å². The van der Waals surface area contributed by atoms with Crippen LogP contribution in [0.3, 0.4) is 0 Å². The molecule has 7 nitrogen and oxygen atoms in total. The van der Waals surface area contributed by atoms with Gasteiger partial charge in [0.15, 0.2) is 11.1 Å². The molecular weight excluding hydrogens is 198 g/mol. The van der Waals surface area contributed by atoms with Crippen LogP contribution in [-0.4, -0.2) is 37.1 Å². The largest absolute Gasteiger partial charge is 0.480 e. The van der Waals surface area contributed by atoms with Crippen LogP contribution in [0.25, 0.3) is 11.2 Å². The second-order valence-electron chi connectivity index (χ2n) is 2.99. The number of aromatic nitrogens is 4. The maximum absolute atomic E-state index is 10.4. The first-order valence-corrected chi connectivity index (χ1v) is 4.25. The van der Waals surface area contributed by atoms with Crippen LogP contribution in [0.5, 0.6) is 0 Å². The Morgan fingerprint density at radius 1 is 1.67 bits per heavy atom. The van der Waals surface area contributed by atoms with E-state index < -0.39 is 5.97 Å². The summed E-state index contributed by atoms with van der Waals surface area (Å²) in [6.07, 6.45) is 3.04. The molecule has 0 radical (unpaired) electrons. The topological polar surface area (TPSA) is 96.2 Å². The summed E-state index contributed by atoms with van der Waals surface area (Å²) in [6.45, 7) is -0.272. The van der Waals surface area contributed by atoms with Crippen molar-refractivity contribution in [3.05, 3.63) is 18.1 Å². The van der Waals surface area contributed by atoms with Crippen molar-refractivity contribution in [3.8, 4) is 0 Å². The zero-order valence-electron chi connectivity index (χ0n) is 8.01. The molecule has 78 valence electrons. The lowest BCUT2D eigenvalue weighted by Gasteiger charge is -1.98. The van der Waals surface area contributed by atoms with Crippen LogP contribution in [0.1, 0.15) is 0 Å². The third-order valence-electron chi connectivity index (χ3n) is 1.89. The minimum absolute atomic E-state index is 0.272. The molecule has 0 bridgehead atoms. The Morgan fingerprint density at radius 3 is 3.20 bits per heavy atom. The molecule has 0 aliphatic rings. The number of hydrogen-bond donors (Lipinski definition) is 2. The monoisotopic (exact) mass is 207 g/mol. The standard InChI is InChI=1S/C8H9N5O2/c1-13-4-12-7-6(10-3-11-7)8(13)9-2-5(14)15/h3-4H,2H2,1H3,(H,10,11)(H,14,15). The Labute approximate surface area is 84.1 Å². The summed E-state index contributed by atoms with van der Waals surface area (Å²) < 4.78 is 1.64. The zero-order valence-corrected chi connectivity index (χ0v) is 8.01. The van der Waals surface area contributed by atoms with E-state index >= 15 is 0 Å². The first-order valence-electron chi connectivity index (χ1n) is 4.25. The summed E-state index contributed by atoms with van der Waals surface area (Å²) in [5, 5.41) is 8.54. The highest BCUT2D eigenvalue weighted by molar-refractivity contribution is 5.70. The number of rotatable bonds is 2. The molecule has 0 fully saturated rings. The van der Waals surface area contributed by atoms with Crippen molar-refractivity contribution < 1.29 is 9.90 Å². The van der Waals surface area contributed by atoms with E-state index in [-0.39, 0.29) is 6.54 Å². The molecule has 0 amide bonds. The fourth-order valence-electron chi connectivity index (χ4n) is 1.25. The number of nitrogens with one attached hydrogen (secondary N) is 1. The predicted octanol–water partition coefficient (Wildman–Crippen LogP) is -0.718. The average Bonchev–Trinajstić information content (AvgIpc) is 2.63. The summed E-state index contributed by atoms with van der Waals surface area (Å²) in [6, 6.07) is 0. The van der Waals surface area contributed by atoms with Crippen molar-refractivity contribution in [2.75, 3.05) is 6.54 Å². The Kier molecular flexibility index (Phi) is 2.20. The van der Waals surface area contributed by atoms with Gasteiger partial charge in [-0.05, 0) is 0 Å². The Hall–Kier alpha value is -2.18. The van der Waals surface area contributed by atoms with Gasteiger partial charge in [0.25, 0.3) is 0 Å². The molecule has 2 rings (SSSR count). The van der Waals surface area contributed by atoms with E-state index in [0.29, 0.717) is 16.7 Å². The normalized spacial score (nSPS) is 12.2. The number of aromatic amines is 1. The molecule has 2 aromatic heterocycles. The highest BCUT2D eigenvalue weighted by Gasteiger charge is 2.02. The quantitative estimate of drug-likeness (QED) is 0.679. The van der Waals surface area contributed by atoms with Crippen LogP contribution >= 0.6 is 0 Å². The number of hydrogen-bond acceptors (Lipinski definition) is 4. The summed E-state index contributed by atoms with van der Waals surface area (Å²) in [4.78, 5) is 25.2. The third-order valence-corrected chi connectivity index (χ3v) is 1.89. The van der Waals surface area contributed by atoms with Crippen molar-refractivity contribution in [1.29, 1.82) is 0 Å². The Morgan fingerprint density at radius 2 is 2.47 bits per heavy atom. The van der Waals surface area contributed by atoms with Gasteiger partial charge in [0, 0.05) is 7.05 Å². The number of aliphatic carboxylic acids is 1. The van der Waals surface area contributed by atoms with Gasteiger partial charge in [-0.1, -0.05) is 0 Å². The van der Waals surface area contributed by atoms with Crippen LogP contribution in [0.15, 0.2) is 17.6 Å². The molecule has 0 aliphatic heterocycles. The molecule has 0 saturated heterocycles. The van der Waals surface area contributed by atoms with Crippen LogP contribution in [0.2, 0.25) is 0 Å². The van der Waals surface area contributed by atoms with Crippen LogP contribution in [0, 0.1) is 0 Å². The van der Waals surface area contributed by atoms with Crippen molar-refractivity contribution >= 4 is 17.1 Å². The molecule has 7 heteroatoms. The van der Waals surface area contributed by atoms with E-state index in [9.17, 15) is 4.79 Å².